The fourth-order valence-corrected chi connectivity index (χ4v) is 2.25. The summed E-state index contributed by atoms with van der Waals surface area (Å²) < 4.78 is 5.86. The number of fused-ring (bicyclic) bond motifs is 1. The molecule has 0 aliphatic heterocycles. The Kier molecular flexibility index (Phi) is 3.56. The third kappa shape index (κ3) is 2.87. The molecule has 0 aromatic heterocycles. The van der Waals surface area contributed by atoms with E-state index in [1.807, 2.05) is 48.5 Å². The van der Waals surface area contributed by atoms with Gasteiger partial charge in [0.25, 0.3) is 0 Å². The van der Waals surface area contributed by atoms with E-state index in [0.717, 1.165) is 22.1 Å². The van der Waals surface area contributed by atoms with Gasteiger partial charge in [0.1, 0.15) is 12.4 Å². The summed E-state index contributed by atoms with van der Waals surface area (Å²) in [5.74, 6) is -0.166. The third-order valence-electron chi connectivity index (χ3n) is 3.32. The number of rotatable bonds is 4. The first-order chi connectivity index (χ1) is 10.2. The van der Waals surface area contributed by atoms with Gasteiger partial charge < -0.3 is 9.84 Å². The molecule has 0 amide bonds. The van der Waals surface area contributed by atoms with Crippen LogP contribution in [0.3, 0.4) is 0 Å². The molecule has 3 aromatic rings. The standard InChI is InChI=1S/C18H14O3/c19-18(20)15-9-10-16-14(11-15)7-4-8-17(16)21-12-13-5-2-1-3-6-13/h1-11H,12H2,(H,19,20). The molecule has 0 bridgehead atoms. The summed E-state index contributed by atoms with van der Waals surface area (Å²) in [6, 6.07) is 20.6. The summed E-state index contributed by atoms with van der Waals surface area (Å²) in [6.45, 7) is 0.487. The van der Waals surface area contributed by atoms with E-state index >= 15 is 0 Å². The van der Waals surface area contributed by atoms with Crippen molar-refractivity contribution in [1.82, 2.24) is 0 Å². The van der Waals surface area contributed by atoms with Crippen LogP contribution in [0.15, 0.2) is 66.7 Å². The Bertz CT molecular complexity index is 779. The number of hydrogen-bond donors (Lipinski definition) is 1. The van der Waals surface area contributed by atoms with Crippen molar-refractivity contribution in [1.29, 1.82) is 0 Å². The number of benzene rings is 3. The summed E-state index contributed by atoms with van der Waals surface area (Å²) in [6.07, 6.45) is 0. The Morgan fingerprint density at radius 3 is 2.52 bits per heavy atom. The second kappa shape index (κ2) is 5.67. The van der Waals surface area contributed by atoms with Crippen molar-refractivity contribution in [2.75, 3.05) is 0 Å². The molecule has 3 heteroatoms. The average molecular weight is 278 g/mol. The van der Waals surface area contributed by atoms with E-state index in [4.69, 9.17) is 9.84 Å². The van der Waals surface area contributed by atoms with Crippen LogP contribution in [-0.2, 0) is 6.61 Å². The van der Waals surface area contributed by atoms with Gasteiger partial charge in [-0.15, -0.1) is 0 Å². The predicted molar refractivity (Wildman–Crippen MR) is 81.7 cm³/mol. The van der Waals surface area contributed by atoms with Gasteiger partial charge in [-0.05, 0) is 35.2 Å². The highest BCUT2D eigenvalue weighted by Crippen LogP contribution is 2.27. The summed E-state index contributed by atoms with van der Waals surface area (Å²) in [7, 11) is 0. The van der Waals surface area contributed by atoms with Crippen LogP contribution < -0.4 is 4.74 Å². The summed E-state index contributed by atoms with van der Waals surface area (Å²) in [4.78, 5) is 11.0. The molecule has 0 unspecified atom stereocenters. The van der Waals surface area contributed by atoms with Gasteiger partial charge >= 0.3 is 5.97 Å². The maximum Gasteiger partial charge on any atom is 0.335 e. The molecule has 3 aromatic carbocycles. The molecule has 0 aliphatic rings. The molecule has 0 spiro atoms. The maximum absolute atomic E-state index is 11.0. The zero-order chi connectivity index (χ0) is 14.7. The Morgan fingerprint density at radius 2 is 1.76 bits per heavy atom. The number of hydrogen-bond acceptors (Lipinski definition) is 2. The van der Waals surface area contributed by atoms with Crippen LogP contribution in [0, 0.1) is 0 Å². The molecule has 3 rings (SSSR count). The van der Waals surface area contributed by atoms with Crippen molar-refractivity contribution in [2.24, 2.45) is 0 Å². The highest BCUT2D eigenvalue weighted by molar-refractivity contribution is 5.96. The summed E-state index contributed by atoms with van der Waals surface area (Å²) in [5.41, 5.74) is 1.37. The van der Waals surface area contributed by atoms with Crippen molar-refractivity contribution < 1.29 is 14.6 Å². The van der Waals surface area contributed by atoms with Gasteiger partial charge in [0, 0.05) is 5.39 Å². The van der Waals surface area contributed by atoms with Gasteiger partial charge in [-0.1, -0.05) is 42.5 Å². The van der Waals surface area contributed by atoms with Crippen molar-refractivity contribution >= 4 is 16.7 Å². The van der Waals surface area contributed by atoms with E-state index in [1.165, 1.54) is 0 Å². The molecule has 0 saturated carbocycles. The highest BCUT2D eigenvalue weighted by atomic mass is 16.5. The van der Waals surface area contributed by atoms with Crippen LogP contribution >= 0.6 is 0 Å². The van der Waals surface area contributed by atoms with Crippen LogP contribution in [0.5, 0.6) is 5.75 Å². The molecular formula is C18H14O3. The van der Waals surface area contributed by atoms with Gasteiger partial charge in [0.2, 0.25) is 0 Å². The van der Waals surface area contributed by atoms with Crippen LogP contribution in [0.25, 0.3) is 10.8 Å². The molecule has 21 heavy (non-hydrogen) atoms. The normalized spacial score (nSPS) is 10.5. The van der Waals surface area contributed by atoms with E-state index in [9.17, 15) is 4.79 Å². The Hall–Kier alpha value is -2.81. The first-order valence-electron chi connectivity index (χ1n) is 6.67. The largest absolute Gasteiger partial charge is 0.488 e. The Balaban J connectivity index is 1.90. The van der Waals surface area contributed by atoms with Gasteiger partial charge in [0.15, 0.2) is 0 Å². The average Bonchev–Trinajstić information content (AvgIpc) is 2.53. The lowest BCUT2D eigenvalue weighted by atomic mass is 10.1. The van der Waals surface area contributed by atoms with Crippen LogP contribution in [0.4, 0.5) is 0 Å². The topological polar surface area (TPSA) is 46.5 Å². The number of carboxylic acid groups (broad SMARTS) is 1. The molecule has 0 saturated heterocycles. The SMILES string of the molecule is O=C(O)c1ccc2c(OCc3ccccc3)cccc2c1. The molecule has 0 fully saturated rings. The minimum atomic E-state index is -0.924. The molecule has 0 aliphatic carbocycles. The van der Waals surface area contributed by atoms with E-state index < -0.39 is 5.97 Å². The number of aromatic carboxylic acids is 1. The smallest absolute Gasteiger partial charge is 0.335 e. The van der Waals surface area contributed by atoms with Gasteiger partial charge in [0.05, 0.1) is 5.56 Å². The van der Waals surface area contributed by atoms with E-state index in [2.05, 4.69) is 0 Å². The fraction of sp³-hybridized carbons (Fsp3) is 0.0556. The third-order valence-corrected chi connectivity index (χ3v) is 3.32. The molecule has 1 N–H and O–H groups in total. The first kappa shape index (κ1) is 13.2. The quantitative estimate of drug-likeness (QED) is 0.781. The van der Waals surface area contributed by atoms with Crippen LogP contribution in [0.1, 0.15) is 15.9 Å². The molecule has 104 valence electrons. The number of carboxylic acids is 1. The highest BCUT2D eigenvalue weighted by Gasteiger charge is 2.07. The van der Waals surface area contributed by atoms with Crippen LogP contribution in [0.2, 0.25) is 0 Å². The van der Waals surface area contributed by atoms with Crippen molar-refractivity contribution in [3.8, 4) is 5.75 Å². The van der Waals surface area contributed by atoms with E-state index in [-0.39, 0.29) is 5.56 Å². The number of carbonyl (C=O) groups is 1. The lowest BCUT2D eigenvalue weighted by Gasteiger charge is -2.10. The van der Waals surface area contributed by atoms with E-state index in [1.54, 1.807) is 18.2 Å². The molecule has 0 heterocycles. The minimum Gasteiger partial charge on any atom is -0.488 e. The van der Waals surface area contributed by atoms with Crippen LogP contribution in [-0.4, -0.2) is 11.1 Å². The zero-order valence-electron chi connectivity index (χ0n) is 11.3. The summed E-state index contributed by atoms with van der Waals surface area (Å²) >= 11 is 0. The first-order valence-corrected chi connectivity index (χ1v) is 6.67. The fourth-order valence-electron chi connectivity index (χ4n) is 2.25. The number of ether oxygens (including phenoxy) is 1. The lowest BCUT2D eigenvalue weighted by molar-refractivity contribution is 0.0697. The van der Waals surface area contributed by atoms with Crippen molar-refractivity contribution in [3.05, 3.63) is 77.9 Å². The molecular weight excluding hydrogens is 264 g/mol. The lowest BCUT2D eigenvalue weighted by Crippen LogP contribution is -1.97. The van der Waals surface area contributed by atoms with Gasteiger partial charge in [-0.25, -0.2) is 4.79 Å². The van der Waals surface area contributed by atoms with Gasteiger partial charge in [-0.3, -0.25) is 0 Å². The summed E-state index contributed by atoms with van der Waals surface area (Å²) in [5, 5.41) is 10.8. The Morgan fingerprint density at radius 1 is 0.952 bits per heavy atom. The van der Waals surface area contributed by atoms with Gasteiger partial charge in [-0.2, -0.15) is 0 Å². The predicted octanol–water partition coefficient (Wildman–Crippen LogP) is 4.12. The molecule has 0 atom stereocenters. The second-order valence-corrected chi connectivity index (χ2v) is 4.77. The second-order valence-electron chi connectivity index (χ2n) is 4.77. The van der Waals surface area contributed by atoms with E-state index in [0.29, 0.717) is 6.61 Å². The molecule has 3 nitrogen and oxygen atoms in total. The minimum absolute atomic E-state index is 0.280. The Labute approximate surface area is 122 Å². The maximum atomic E-state index is 11.0. The van der Waals surface area contributed by atoms with Crippen molar-refractivity contribution in [2.45, 2.75) is 6.61 Å². The van der Waals surface area contributed by atoms with Crippen molar-refractivity contribution in [3.63, 3.8) is 0 Å². The zero-order valence-corrected chi connectivity index (χ0v) is 11.3. The monoisotopic (exact) mass is 278 g/mol. The molecule has 0 radical (unpaired) electrons.